The molecule has 0 heterocycles. The summed E-state index contributed by atoms with van der Waals surface area (Å²) in [6.07, 6.45) is 4.37. The lowest BCUT2D eigenvalue weighted by atomic mass is 10.0. The summed E-state index contributed by atoms with van der Waals surface area (Å²) in [7, 11) is 0. The fourth-order valence-corrected chi connectivity index (χ4v) is 1.92. The minimum atomic E-state index is 0.451. The second kappa shape index (κ2) is 8.76. The third kappa shape index (κ3) is 5.93. The Balaban J connectivity index is 2.56. The molecule has 1 rings (SSSR count). The van der Waals surface area contributed by atoms with Gasteiger partial charge in [0.15, 0.2) is 0 Å². The van der Waals surface area contributed by atoms with Crippen LogP contribution in [0.3, 0.4) is 0 Å². The normalized spacial score (nSPS) is 12.0. The van der Waals surface area contributed by atoms with Gasteiger partial charge in [-0.05, 0) is 57.0 Å². The highest BCUT2D eigenvalue weighted by Crippen LogP contribution is 2.20. The molecule has 0 aliphatic carbocycles. The molecule has 0 fully saturated rings. The van der Waals surface area contributed by atoms with Crippen molar-refractivity contribution < 1.29 is 4.74 Å². The Hall–Kier alpha value is -1.28. The first-order valence-electron chi connectivity index (χ1n) is 7.26. The molecule has 0 saturated carbocycles. The Morgan fingerprint density at radius 3 is 2.42 bits per heavy atom. The third-order valence-electron chi connectivity index (χ3n) is 3.07. The lowest BCUT2D eigenvalue weighted by molar-refractivity contribution is 0.361. The van der Waals surface area contributed by atoms with Crippen molar-refractivity contribution in [2.24, 2.45) is 0 Å². The fourth-order valence-electron chi connectivity index (χ4n) is 1.92. The Kier molecular flexibility index (Phi) is 7.27. The molecule has 0 spiro atoms. The van der Waals surface area contributed by atoms with Gasteiger partial charge in [-0.3, -0.25) is 0 Å². The molecule has 0 aliphatic heterocycles. The van der Waals surface area contributed by atoms with Crippen molar-refractivity contribution in [3.05, 3.63) is 41.5 Å². The smallest absolute Gasteiger partial charge is 0.119 e. The zero-order valence-electron chi connectivity index (χ0n) is 12.7. The van der Waals surface area contributed by atoms with E-state index in [0.717, 1.165) is 18.7 Å². The van der Waals surface area contributed by atoms with Crippen molar-refractivity contribution in [2.75, 3.05) is 13.2 Å². The number of benzene rings is 1. The van der Waals surface area contributed by atoms with Crippen LogP contribution >= 0.6 is 0 Å². The summed E-state index contributed by atoms with van der Waals surface area (Å²) in [5.41, 5.74) is 2.62. The summed E-state index contributed by atoms with van der Waals surface area (Å²) < 4.78 is 5.67. The largest absolute Gasteiger partial charge is 0.490 e. The number of hydrogen-bond donors (Lipinski definition) is 1. The van der Waals surface area contributed by atoms with Crippen LogP contribution in [0, 0.1) is 0 Å². The maximum Gasteiger partial charge on any atom is 0.119 e. The maximum absolute atomic E-state index is 5.67. The van der Waals surface area contributed by atoms with Crippen LogP contribution < -0.4 is 10.1 Å². The molecular weight excluding hydrogens is 234 g/mol. The van der Waals surface area contributed by atoms with Crippen LogP contribution in [0.25, 0.3) is 0 Å². The number of nitrogens with one attached hydrogen (secondary N) is 1. The molecule has 106 valence electrons. The second-order valence-electron chi connectivity index (χ2n) is 5.08. The number of rotatable bonds is 8. The summed E-state index contributed by atoms with van der Waals surface area (Å²) in [6, 6.07) is 8.89. The Labute approximate surface area is 117 Å². The van der Waals surface area contributed by atoms with Gasteiger partial charge in [-0.2, -0.15) is 0 Å². The number of allylic oxidation sites excluding steroid dienone is 1. The predicted molar refractivity (Wildman–Crippen MR) is 82.7 cm³/mol. The van der Waals surface area contributed by atoms with E-state index in [0.29, 0.717) is 12.6 Å². The first-order chi connectivity index (χ1) is 9.17. The van der Waals surface area contributed by atoms with E-state index in [4.69, 9.17) is 4.74 Å². The fraction of sp³-hybridized carbons (Fsp3) is 0.529. The summed E-state index contributed by atoms with van der Waals surface area (Å²) in [4.78, 5) is 0. The highest BCUT2D eigenvalue weighted by molar-refractivity contribution is 5.29. The number of ether oxygens (including phenoxy) is 1. The van der Waals surface area contributed by atoms with Crippen molar-refractivity contribution >= 4 is 0 Å². The van der Waals surface area contributed by atoms with Crippen LogP contribution in [0.2, 0.25) is 0 Å². The molecule has 0 amide bonds. The highest BCUT2D eigenvalue weighted by Gasteiger charge is 2.07. The van der Waals surface area contributed by atoms with E-state index >= 15 is 0 Å². The topological polar surface area (TPSA) is 21.3 Å². The zero-order valence-corrected chi connectivity index (χ0v) is 12.7. The Morgan fingerprint density at radius 2 is 1.89 bits per heavy atom. The highest BCUT2D eigenvalue weighted by atomic mass is 16.5. The van der Waals surface area contributed by atoms with Crippen molar-refractivity contribution in [1.82, 2.24) is 5.32 Å². The van der Waals surface area contributed by atoms with Gasteiger partial charge in [-0.25, -0.2) is 0 Å². The van der Waals surface area contributed by atoms with Crippen LogP contribution in [0.4, 0.5) is 0 Å². The lowest BCUT2D eigenvalue weighted by Crippen LogP contribution is -2.21. The van der Waals surface area contributed by atoms with E-state index in [1.165, 1.54) is 17.6 Å². The number of hydrogen-bond acceptors (Lipinski definition) is 2. The van der Waals surface area contributed by atoms with Crippen LogP contribution in [0.15, 0.2) is 35.9 Å². The van der Waals surface area contributed by atoms with Crippen LogP contribution in [0.1, 0.15) is 52.1 Å². The van der Waals surface area contributed by atoms with Crippen molar-refractivity contribution in [3.8, 4) is 5.75 Å². The summed E-state index contributed by atoms with van der Waals surface area (Å²) in [5.74, 6) is 0.937. The molecule has 0 aliphatic rings. The van der Waals surface area contributed by atoms with Gasteiger partial charge in [0.05, 0.1) is 0 Å². The van der Waals surface area contributed by atoms with E-state index in [1.807, 2.05) is 0 Å². The molecule has 0 bridgehead atoms. The molecule has 0 aromatic heterocycles. The van der Waals surface area contributed by atoms with Gasteiger partial charge in [0.1, 0.15) is 12.4 Å². The molecule has 2 nitrogen and oxygen atoms in total. The molecule has 1 aromatic carbocycles. The molecule has 0 radical (unpaired) electrons. The molecule has 2 heteroatoms. The minimum absolute atomic E-state index is 0.451. The van der Waals surface area contributed by atoms with Gasteiger partial charge in [0, 0.05) is 6.04 Å². The second-order valence-corrected chi connectivity index (χ2v) is 5.08. The van der Waals surface area contributed by atoms with Crippen molar-refractivity contribution in [2.45, 2.75) is 46.6 Å². The Morgan fingerprint density at radius 1 is 1.21 bits per heavy atom. The van der Waals surface area contributed by atoms with Crippen LogP contribution in [-0.2, 0) is 0 Å². The molecule has 0 saturated heterocycles. The van der Waals surface area contributed by atoms with E-state index in [-0.39, 0.29) is 0 Å². The standard InChI is InChI=1S/C17H27NO/c1-5-12-18-17(6-2)15-7-9-16(10-8-15)19-13-11-14(3)4/h7-11,17-18H,5-6,12-13H2,1-4H3. The molecule has 1 unspecified atom stereocenters. The maximum atomic E-state index is 5.67. The monoisotopic (exact) mass is 261 g/mol. The first-order valence-corrected chi connectivity index (χ1v) is 7.26. The molecule has 1 atom stereocenters. The average Bonchev–Trinajstić information content (AvgIpc) is 2.41. The SMILES string of the molecule is CCCNC(CC)c1ccc(OCC=C(C)C)cc1. The Bertz CT molecular complexity index is 377. The van der Waals surface area contributed by atoms with Crippen molar-refractivity contribution in [1.29, 1.82) is 0 Å². The average molecular weight is 261 g/mol. The van der Waals surface area contributed by atoms with Crippen molar-refractivity contribution in [3.63, 3.8) is 0 Å². The van der Waals surface area contributed by atoms with E-state index in [2.05, 4.69) is 63.4 Å². The van der Waals surface area contributed by atoms with Gasteiger partial charge in [0.25, 0.3) is 0 Å². The quantitative estimate of drug-likeness (QED) is 0.696. The van der Waals surface area contributed by atoms with Gasteiger partial charge >= 0.3 is 0 Å². The molecular formula is C17H27NO. The van der Waals surface area contributed by atoms with Crippen LogP contribution in [-0.4, -0.2) is 13.2 Å². The molecule has 19 heavy (non-hydrogen) atoms. The van der Waals surface area contributed by atoms with Gasteiger partial charge < -0.3 is 10.1 Å². The van der Waals surface area contributed by atoms with Gasteiger partial charge in [0.2, 0.25) is 0 Å². The third-order valence-corrected chi connectivity index (χ3v) is 3.07. The zero-order chi connectivity index (χ0) is 14.1. The summed E-state index contributed by atoms with van der Waals surface area (Å²) in [6.45, 7) is 10.3. The molecule has 1 aromatic rings. The van der Waals surface area contributed by atoms with E-state index in [9.17, 15) is 0 Å². The predicted octanol–water partition coefficient (Wildman–Crippen LogP) is 4.48. The lowest BCUT2D eigenvalue weighted by Gasteiger charge is -2.17. The van der Waals surface area contributed by atoms with Gasteiger partial charge in [-0.15, -0.1) is 0 Å². The first kappa shape index (κ1) is 15.8. The summed E-state index contributed by atoms with van der Waals surface area (Å²) >= 11 is 0. The van der Waals surface area contributed by atoms with Gasteiger partial charge in [-0.1, -0.05) is 31.6 Å². The van der Waals surface area contributed by atoms with E-state index in [1.54, 1.807) is 0 Å². The van der Waals surface area contributed by atoms with Crippen LogP contribution in [0.5, 0.6) is 5.75 Å². The van der Waals surface area contributed by atoms with E-state index < -0.39 is 0 Å². The minimum Gasteiger partial charge on any atom is -0.490 e. The summed E-state index contributed by atoms with van der Waals surface area (Å²) in [5, 5.41) is 3.56. The molecule has 1 N–H and O–H groups in total.